The van der Waals surface area contributed by atoms with Crippen molar-refractivity contribution in [2.75, 3.05) is 31.2 Å². The summed E-state index contributed by atoms with van der Waals surface area (Å²) in [7, 11) is 1.74. The van der Waals surface area contributed by atoms with Gasteiger partial charge in [0.1, 0.15) is 5.82 Å². The maximum Gasteiger partial charge on any atom is 0.250 e. The maximum atomic E-state index is 12.0. The van der Waals surface area contributed by atoms with Gasteiger partial charge in [0.2, 0.25) is 5.56 Å². The highest BCUT2D eigenvalue weighted by Gasteiger charge is 2.28. The molecule has 1 aliphatic rings. The average Bonchev–Trinajstić information content (AvgIpc) is 2.96. The lowest BCUT2D eigenvalue weighted by Crippen LogP contribution is -2.40. The van der Waals surface area contributed by atoms with Crippen LogP contribution in [0.1, 0.15) is 31.3 Å². The smallest absolute Gasteiger partial charge is 0.250 e. The number of hydrogen-bond donors (Lipinski definition) is 3. The number of allylic oxidation sites excluding steroid dienone is 1. The predicted octanol–water partition coefficient (Wildman–Crippen LogP) is 3.92. The van der Waals surface area contributed by atoms with Gasteiger partial charge in [-0.1, -0.05) is 36.4 Å². The molecule has 1 aliphatic heterocycles. The normalized spacial score (nSPS) is 16.2. The van der Waals surface area contributed by atoms with Crippen LogP contribution in [-0.2, 0) is 11.8 Å². The molecule has 40 heavy (non-hydrogen) atoms. The molecule has 2 aromatic heterocycles. The molecule has 3 heterocycles. The quantitative estimate of drug-likeness (QED) is 0.291. The van der Waals surface area contributed by atoms with E-state index in [2.05, 4.69) is 28.4 Å². The van der Waals surface area contributed by atoms with Crippen LogP contribution >= 0.6 is 0 Å². The van der Waals surface area contributed by atoms with Gasteiger partial charge in [-0.3, -0.25) is 4.79 Å². The van der Waals surface area contributed by atoms with Crippen LogP contribution in [0.5, 0.6) is 0 Å². The van der Waals surface area contributed by atoms with Crippen LogP contribution in [0.3, 0.4) is 0 Å². The number of nitrogens with zero attached hydrogens (tertiary/aromatic N) is 4. The SMILES string of the molecule is Cn1cc(-c2ccc3nc(/C(C=N)=C/NCC(C)(C)O)nc(N4CCOCC4c4ccccc4)c3c2)ccc1=O. The standard InChI is InChI=1S/C31H34N6O3/c1-31(2,39)20-33-17-24(16-32)29-34-26-11-9-22(23-10-12-28(38)36(3)18-23)15-25(26)30(35-29)37-13-14-40-19-27(37)21-7-5-4-6-8-21/h4-12,15-18,27,32-33,39H,13-14,19-20H2,1-3H3/b24-17+,32-16?. The second-order valence-corrected chi connectivity index (χ2v) is 10.6. The second-order valence-electron chi connectivity index (χ2n) is 10.6. The summed E-state index contributed by atoms with van der Waals surface area (Å²) >= 11 is 0. The summed E-state index contributed by atoms with van der Waals surface area (Å²) in [6, 6.07) is 19.6. The van der Waals surface area contributed by atoms with Gasteiger partial charge in [-0.25, -0.2) is 9.97 Å². The molecule has 206 valence electrons. The van der Waals surface area contributed by atoms with E-state index < -0.39 is 5.60 Å². The molecule has 0 aliphatic carbocycles. The molecule has 0 radical (unpaired) electrons. The second kappa shape index (κ2) is 11.4. The molecule has 0 amide bonds. The van der Waals surface area contributed by atoms with Crippen LogP contribution in [0, 0.1) is 5.41 Å². The van der Waals surface area contributed by atoms with Crippen LogP contribution in [0.2, 0.25) is 0 Å². The summed E-state index contributed by atoms with van der Waals surface area (Å²) in [5, 5.41) is 22.1. The van der Waals surface area contributed by atoms with Gasteiger partial charge in [0.25, 0.3) is 0 Å². The zero-order valence-electron chi connectivity index (χ0n) is 23.0. The Balaban J connectivity index is 1.67. The summed E-state index contributed by atoms with van der Waals surface area (Å²) in [5.74, 6) is 1.16. The number of benzene rings is 2. The van der Waals surface area contributed by atoms with Gasteiger partial charge in [0.05, 0.1) is 35.9 Å². The number of anilines is 1. The molecule has 9 heteroatoms. The van der Waals surface area contributed by atoms with E-state index in [9.17, 15) is 9.90 Å². The highest BCUT2D eigenvalue weighted by Crippen LogP contribution is 2.35. The molecule has 0 bridgehead atoms. The Hall–Kier alpha value is -4.34. The zero-order chi connectivity index (χ0) is 28.3. The molecular formula is C31H34N6O3. The third-order valence-electron chi connectivity index (χ3n) is 6.89. The van der Waals surface area contributed by atoms with Crippen molar-refractivity contribution < 1.29 is 9.84 Å². The molecule has 0 spiro atoms. The van der Waals surface area contributed by atoms with Crippen molar-refractivity contribution in [3.05, 3.63) is 94.8 Å². The lowest BCUT2D eigenvalue weighted by Gasteiger charge is -2.37. The number of fused-ring (bicyclic) bond motifs is 1. The first-order chi connectivity index (χ1) is 19.2. The number of hydrogen-bond acceptors (Lipinski definition) is 8. The van der Waals surface area contributed by atoms with Crippen molar-refractivity contribution in [1.29, 1.82) is 5.41 Å². The first-order valence-corrected chi connectivity index (χ1v) is 13.3. The molecule has 1 fully saturated rings. The lowest BCUT2D eigenvalue weighted by atomic mass is 10.0. The van der Waals surface area contributed by atoms with Crippen molar-refractivity contribution >= 4 is 28.5 Å². The fourth-order valence-electron chi connectivity index (χ4n) is 4.79. The third kappa shape index (κ3) is 5.95. The van der Waals surface area contributed by atoms with Crippen LogP contribution in [-0.4, -0.2) is 57.8 Å². The van der Waals surface area contributed by atoms with Gasteiger partial charge in [0, 0.05) is 50.2 Å². The summed E-state index contributed by atoms with van der Waals surface area (Å²) in [4.78, 5) is 24.1. The monoisotopic (exact) mass is 538 g/mol. The predicted molar refractivity (Wildman–Crippen MR) is 159 cm³/mol. The molecule has 3 N–H and O–H groups in total. The van der Waals surface area contributed by atoms with Crippen molar-refractivity contribution in [2.24, 2.45) is 7.05 Å². The zero-order valence-corrected chi connectivity index (χ0v) is 23.0. The Labute approximate surface area is 233 Å². The largest absolute Gasteiger partial charge is 0.389 e. The van der Waals surface area contributed by atoms with Gasteiger partial charge in [0.15, 0.2) is 5.82 Å². The van der Waals surface area contributed by atoms with Gasteiger partial charge in [-0.05, 0) is 48.7 Å². The van der Waals surface area contributed by atoms with Gasteiger partial charge in [-0.2, -0.15) is 0 Å². The van der Waals surface area contributed by atoms with Crippen molar-refractivity contribution in [1.82, 2.24) is 19.9 Å². The van der Waals surface area contributed by atoms with Crippen LogP contribution in [0.15, 0.2) is 77.9 Å². The molecule has 1 unspecified atom stereocenters. The summed E-state index contributed by atoms with van der Waals surface area (Å²) in [6.07, 6.45) is 4.71. The minimum atomic E-state index is -0.910. The van der Waals surface area contributed by atoms with Crippen LogP contribution < -0.4 is 15.8 Å². The maximum absolute atomic E-state index is 12.0. The number of aryl methyl sites for hydroxylation is 1. The Bertz CT molecular complexity index is 1610. The summed E-state index contributed by atoms with van der Waals surface area (Å²) in [6.45, 7) is 5.46. The highest BCUT2D eigenvalue weighted by atomic mass is 16.5. The minimum absolute atomic E-state index is 0.0529. The number of aromatic nitrogens is 3. The third-order valence-corrected chi connectivity index (χ3v) is 6.89. The average molecular weight is 539 g/mol. The molecule has 0 saturated carbocycles. The topological polar surface area (TPSA) is 116 Å². The van der Waals surface area contributed by atoms with Gasteiger partial charge in [-0.15, -0.1) is 0 Å². The Kier molecular flexibility index (Phi) is 7.77. The molecule has 5 rings (SSSR count). The number of nitrogens with one attached hydrogen (secondary N) is 2. The number of morpholine rings is 1. The Morgan fingerprint density at radius 3 is 2.65 bits per heavy atom. The van der Waals surface area contributed by atoms with Gasteiger partial charge >= 0.3 is 0 Å². The molecular weight excluding hydrogens is 504 g/mol. The van der Waals surface area contributed by atoms with Crippen molar-refractivity contribution in [3.63, 3.8) is 0 Å². The fraction of sp³-hybridized carbons (Fsp3) is 0.290. The molecule has 4 aromatic rings. The lowest BCUT2D eigenvalue weighted by molar-refractivity contribution is 0.0836. The number of ether oxygens (including phenoxy) is 1. The van der Waals surface area contributed by atoms with E-state index in [1.807, 2.05) is 42.6 Å². The van der Waals surface area contributed by atoms with E-state index in [4.69, 9.17) is 20.1 Å². The van der Waals surface area contributed by atoms with E-state index in [-0.39, 0.29) is 11.6 Å². The van der Waals surface area contributed by atoms with Crippen molar-refractivity contribution in [3.8, 4) is 11.1 Å². The fourth-order valence-corrected chi connectivity index (χ4v) is 4.79. The number of aliphatic hydroxyl groups is 1. The molecule has 9 nitrogen and oxygen atoms in total. The first-order valence-electron chi connectivity index (χ1n) is 13.3. The van der Waals surface area contributed by atoms with Crippen LogP contribution in [0.25, 0.3) is 27.6 Å². The van der Waals surface area contributed by atoms with Gasteiger partial charge < -0.3 is 30.0 Å². The number of rotatable bonds is 8. The Morgan fingerprint density at radius 2 is 1.93 bits per heavy atom. The number of pyridine rings is 1. The van der Waals surface area contributed by atoms with E-state index in [1.165, 1.54) is 6.21 Å². The molecule has 1 saturated heterocycles. The highest BCUT2D eigenvalue weighted by molar-refractivity contribution is 6.07. The van der Waals surface area contributed by atoms with E-state index in [0.29, 0.717) is 37.7 Å². The summed E-state index contributed by atoms with van der Waals surface area (Å²) in [5.41, 5.74) is 3.24. The van der Waals surface area contributed by atoms with Crippen molar-refractivity contribution in [2.45, 2.75) is 25.5 Å². The van der Waals surface area contributed by atoms with E-state index >= 15 is 0 Å². The van der Waals surface area contributed by atoms with E-state index in [0.717, 1.165) is 33.4 Å². The van der Waals surface area contributed by atoms with E-state index in [1.54, 1.807) is 37.7 Å². The Morgan fingerprint density at radius 1 is 1.15 bits per heavy atom. The first kappa shape index (κ1) is 27.2. The summed E-state index contributed by atoms with van der Waals surface area (Å²) < 4.78 is 7.47. The minimum Gasteiger partial charge on any atom is -0.389 e. The van der Waals surface area contributed by atoms with Crippen LogP contribution in [0.4, 0.5) is 5.82 Å². The molecule has 2 aromatic carbocycles. The molecule has 1 atom stereocenters.